The molecule has 0 saturated carbocycles. The Balaban J connectivity index is 2.03. The van der Waals surface area contributed by atoms with Crippen molar-refractivity contribution in [2.75, 3.05) is 20.6 Å². The third-order valence-corrected chi connectivity index (χ3v) is 5.90. The lowest BCUT2D eigenvalue weighted by Gasteiger charge is -2.16. The summed E-state index contributed by atoms with van der Waals surface area (Å²) in [4.78, 5) is 12.1. The van der Waals surface area contributed by atoms with Crippen LogP contribution in [0.25, 0.3) is 0 Å². The molecule has 1 amide bonds. The number of hydrogen-bond donors (Lipinski definition) is 1. The van der Waals surface area contributed by atoms with Crippen molar-refractivity contribution in [3.05, 3.63) is 33.8 Å². The Bertz CT molecular complexity index is 666. The lowest BCUT2D eigenvalue weighted by Crippen LogP contribution is -2.43. The average molecular weight is 352 g/mol. The fourth-order valence-corrected chi connectivity index (χ4v) is 3.78. The van der Waals surface area contributed by atoms with Crippen molar-refractivity contribution < 1.29 is 13.2 Å². The smallest absolute Gasteiger partial charge is 0.282 e. The summed E-state index contributed by atoms with van der Waals surface area (Å²) in [5.41, 5.74) is 0.714. The number of rotatable bonds is 3. The highest BCUT2D eigenvalue weighted by Gasteiger charge is 2.42. The SMILES string of the molecule is CN1CC(C(=O)NCc2ccc(Cl)cc2Cl)N(C)S1(=O)=O. The Morgan fingerprint density at radius 1 is 1.38 bits per heavy atom. The molecule has 1 aliphatic heterocycles. The minimum Gasteiger partial charge on any atom is -0.351 e. The normalized spacial score (nSPS) is 22.4. The van der Waals surface area contributed by atoms with Gasteiger partial charge in [0.05, 0.1) is 0 Å². The topological polar surface area (TPSA) is 69.7 Å². The van der Waals surface area contributed by atoms with Crippen LogP contribution in [0.5, 0.6) is 0 Å². The third kappa shape index (κ3) is 3.32. The number of benzene rings is 1. The molecule has 0 spiro atoms. The molecule has 21 heavy (non-hydrogen) atoms. The second-order valence-corrected chi connectivity index (χ2v) is 7.71. The Morgan fingerprint density at radius 3 is 2.57 bits per heavy atom. The van der Waals surface area contributed by atoms with E-state index in [-0.39, 0.29) is 19.0 Å². The summed E-state index contributed by atoms with van der Waals surface area (Å²) >= 11 is 11.8. The van der Waals surface area contributed by atoms with E-state index in [1.807, 2.05) is 0 Å². The molecule has 0 aliphatic carbocycles. The zero-order valence-corrected chi connectivity index (χ0v) is 13.8. The van der Waals surface area contributed by atoms with Crippen LogP contribution >= 0.6 is 23.2 Å². The van der Waals surface area contributed by atoms with Gasteiger partial charge in [0, 0.05) is 37.2 Å². The number of carbonyl (C=O) groups excluding carboxylic acids is 1. The van der Waals surface area contributed by atoms with Gasteiger partial charge in [-0.25, -0.2) is 0 Å². The number of halogens is 2. The summed E-state index contributed by atoms with van der Waals surface area (Å²) in [6, 6.07) is 4.23. The van der Waals surface area contributed by atoms with Crippen LogP contribution in [0.2, 0.25) is 10.0 Å². The van der Waals surface area contributed by atoms with E-state index in [1.54, 1.807) is 18.2 Å². The molecule has 1 fully saturated rings. The quantitative estimate of drug-likeness (QED) is 0.886. The summed E-state index contributed by atoms with van der Waals surface area (Å²) < 4.78 is 25.8. The molecule has 1 aromatic carbocycles. The van der Waals surface area contributed by atoms with Crippen molar-refractivity contribution in [3.8, 4) is 0 Å². The van der Waals surface area contributed by atoms with Gasteiger partial charge in [-0.1, -0.05) is 29.3 Å². The molecular weight excluding hydrogens is 337 g/mol. The van der Waals surface area contributed by atoms with Crippen LogP contribution in [0.15, 0.2) is 18.2 Å². The standard InChI is InChI=1S/C12H15Cl2N3O3S/c1-16-7-11(17(2)21(16,19)20)12(18)15-6-8-3-4-9(13)5-10(8)14/h3-5,11H,6-7H2,1-2H3,(H,15,18). The first-order valence-electron chi connectivity index (χ1n) is 6.14. The van der Waals surface area contributed by atoms with Gasteiger partial charge in [-0.15, -0.1) is 0 Å². The van der Waals surface area contributed by atoms with Gasteiger partial charge in [-0.3, -0.25) is 4.79 Å². The number of nitrogens with zero attached hydrogens (tertiary/aromatic N) is 2. The first kappa shape index (κ1) is 16.5. The second-order valence-electron chi connectivity index (χ2n) is 4.77. The highest BCUT2D eigenvalue weighted by Crippen LogP contribution is 2.21. The Hall–Kier alpha value is -0.860. The molecule has 9 heteroatoms. The van der Waals surface area contributed by atoms with Crippen molar-refractivity contribution in [1.82, 2.24) is 13.9 Å². The maximum atomic E-state index is 12.1. The lowest BCUT2D eigenvalue weighted by molar-refractivity contribution is -0.124. The fraction of sp³-hybridized carbons (Fsp3) is 0.417. The van der Waals surface area contributed by atoms with Crippen molar-refractivity contribution in [1.29, 1.82) is 0 Å². The van der Waals surface area contributed by atoms with E-state index in [9.17, 15) is 13.2 Å². The average Bonchev–Trinajstić information content (AvgIpc) is 2.61. The van der Waals surface area contributed by atoms with Crippen LogP contribution in [0.3, 0.4) is 0 Å². The molecule has 1 saturated heterocycles. The van der Waals surface area contributed by atoms with Gasteiger partial charge in [0.25, 0.3) is 10.2 Å². The fourth-order valence-electron chi connectivity index (χ4n) is 2.05. The Labute approximate surface area is 133 Å². The van der Waals surface area contributed by atoms with Gasteiger partial charge in [0.2, 0.25) is 5.91 Å². The van der Waals surface area contributed by atoms with E-state index in [2.05, 4.69) is 5.32 Å². The van der Waals surface area contributed by atoms with Crippen LogP contribution in [0.1, 0.15) is 5.56 Å². The molecule has 1 atom stereocenters. The molecule has 1 aliphatic rings. The monoisotopic (exact) mass is 351 g/mol. The van der Waals surface area contributed by atoms with Crippen LogP contribution in [-0.4, -0.2) is 49.6 Å². The molecule has 2 rings (SSSR count). The van der Waals surface area contributed by atoms with Crippen molar-refractivity contribution >= 4 is 39.3 Å². The van der Waals surface area contributed by atoms with E-state index in [0.717, 1.165) is 8.61 Å². The van der Waals surface area contributed by atoms with Gasteiger partial charge in [0.15, 0.2) is 0 Å². The number of likely N-dealkylation sites (N-methyl/N-ethyl adjacent to an activating group) is 2. The summed E-state index contributed by atoms with van der Waals surface area (Å²) in [7, 11) is -0.705. The summed E-state index contributed by atoms with van der Waals surface area (Å²) in [5, 5.41) is 3.65. The van der Waals surface area contributed by atoms with Crippen molar-refractivity contribution in [2.45, 2.75) is 12.6 Å². The summed E-state index contributed by atoms with van der Waals surface area (Å²) in [5.74, 6) is -0.364. The van der Waals surface area contributed by atoms with E-state index in [1.165, 1.54) is 14.1 Å². The molecular formula is C12H15Cl2N3O3S. The lowest BCUT2D eigenvalue weighted by atomic mass is 10.2. The van der Waals surface area contributed by atoms with Gasteiger partial charge in [-0.2, -0.15) is 17.0 Å². The van der Waals surface area contributed by atoms with Gasteiger partial charge >= 0.3 is 0 Å². The zero-order valence-electron chi connectivity index (χ0n) is 11.5. The van der Waals surface area contributed by atoms with Gasteiger partial charge in [-0.05, 0) is 17.7 Å². The van der Waals surface area contributed by atoms with Crippen LogP contribution < -0.4 is 5.32 Å². The van der Waals surface area contributed by atoms with Crippen LogP contribution in [0, 0.1) is 0 Å². The largest absolute Gasteiger partial charge is 0.351 e. The van der Waals surface area contributed by atoms with Crippen molar-refractivity contribution in [3.63, 3.8) is 0 Å². The molecule has 116 valence electrons. The second kappa shape index (κ2) is 6.10. The molecule has 1 heterocycles. The number of carbonyl (C=O) groups is 1. The summed E-state index contributed by atoms with van der Waals surface area (Å²) in [6.07, 6.45) is 0. The molecule has 1 unspecified atom stereocenters. The van der Waals surface area contributed by atoms with E-state index in [4.69, 9.17) is 23.2 Å². The van der Waals surface area contributed by atoms with E-state index < -0.39 is 16.3 Å². The van der Waals surface area contributed by atoms with Gasteiger partial charge < -0.3 is 5.32 Å². The highest BCUT2D eigenvalue weighted by atomic mass is 35.5. The van der Waals surface area contributed by atoms with Crippen molar-refractivity contribution in [2.24, 2.45) is 0 Å². The first-order chi connectivity index (χ1) is 9.73. The Kier molecular flexibility index (Phi) is 4.79. The third-order valence-electron chi connectivity index (χ3n) is 3.40. The molecule has 6 nitrogen and oxygen atoms in total. The zero-order chi connectivity index (χ0) is 15.8. The molecule has 0 aromatic heterocycles. The van der Waals surface area contributed by atoms with Gasteiger partial charge in [0.1, 0.15) is 6.04 Å². The number of hydrogen-bond acceptors (Lipinski definition) is 3. The molecule has 0 bridgehead atoms. The van der Waals surface area contributed by atoms with Crippen LogP contribution in [0.4, 0.5) is 0 Å². The Morgan fingerprint density at radius 2 is 2.05 bits per heavy atom. The van der Waals surface area contributed by atoms with E-state index >= 15 is 0 Å². The summed E-state index contributed by atoms with van der Waals surface area (Å²) in [6.45, 7) is 0.335. The number of amides is 1. The number of nitrogens with one attached hydrogen (secondary N) is 1. The molecule has 1 N–H and O–H groups in total. The minimum atomic E-state index is -3.53. The minimum absolute atomic E-state index is 0.124. The maximum absolute atomic E-state index is 12.1. The molecule has 1 aromatic rings. The first-order valence-corrected chi connectivity index (χ1v) is 8.29. The maximum Gasteiger partial charge on any atom is 0.282 e. The predicted octanol–water partition coefficient (Wildman–Crippen LogP) is 1.10. The van der Waals surface area contributed by atoms with Crippen LogP contribution in [-0.2, 0) is 21.5 Å². The molecule has 0 radical (unpaired) electrons. The predicted molar refractivity (Wildman–Crippen MR) is 81.4 cm³/mol. The van der Waals surface area contributed by atoms with E-state index in [0.29, 0.717) is 15.6 Å². The highest BCUT2D eigenvalue weighted by molar-refractivity contribution is 7.87.